The normalized spacial score (nSPS) is 19.6. The molecular formula is C19H17BrN2. The maximum absolute atomic E-state index is 3.70. The summed E-state index contributed by atoms with van der Waals surface area (Å²) in [7, 11) is 0. The van der Waals surface area contributed by atoms with Crippen LogP contribution in [0, 0.1) is 0 Å². The zero-order valence-electron chi connectivity index (χ0n) is 12.3. The van der Waals surface area contributed by atoms with Gasteiger partial charge in [0.05, 0.1) is 6.04 Å². The number of nitrogens with one attached hydrogen (secondary N) is 1. The minimum atomic E-state index is 0.453. The minimum Gasteiger partial charge on any atom is -0.356 e. The molecule has 3 aromatic rings. The molecule has 0 aliphatic heterocycles. The van der Waals surface area contributed by atoms with E-state index in [2.05, 4.69) is 68.2 Å². The number of fused-ring (bicyclic) bond motifs is 4. The van der Waals surface area contributed by atoms with E-state index in [4.69, 9.17) is 0 Å². The molecule has 5 rings (SSSR count). The SMILES string of the molecule is Brc1ccc2[nH]c3c(c2c1)CCCC3n1cc2c(c1)CC=C2. The Balaban J connectivity index is 1.67. The quantitative estimate of drug-likeness (QED) is 0.619. The van der Waals surface area contributed by atoms with Crippen LogP contribution in [0.15, 0.2) is 41.1 Å². The van der Waals surface area contributed by atoms with Gasteiger partial charge in [-0.2, -0.15) is 0 Å². The predicted molar refractivity (Wildman–Crippen MR) is 94.2 cm³/mol. The second kappa shape index (κ2) is 4.63. The third-order valence-electron chi connectivity index (χ3n) is 5.10. The molecule has 0 bridgehead atoms. The molecule has 3 heteroatoms. The summed E-state index contributed by atoms with van der Waals surface area (Å²) in [6.07, 6.45) is 13.9. The van der Waals surface area contributed by atoms with Crippen molar-refractivity contribution in [3.63, 3.8) is 0 Å². The smallest absolute Gasteiger partial charge is 0.0732 e. The summed E-state index contributed by atoms with van der Waals surface area (Å²) in [4.78, 5) is 3.70. The van der Waals surface area contributed by atoms with Crippen LogP contribution in [0.25, 0.3) is 17.0 Å². The van der Waals surface area contributed by atoms with E-state index in [1.54, 1.807) is 0 Å². The first kappa shape index (κ1) is 12.8. The van der Waals surface area contributed by atoms with Gasteiger partial charge in [-0.3, -0.25) is 0 Å². The molecule has 2 nitrogen and oxygen atoms in total. The molecule has 0 amide bonds. The lowest BCUT2D eigenvalue weighted by atomic mass is 9.91. The van der Waals surface area contributed by atoms with Crippen molar-refractivity contribution in [3.05, 3.63) is 63.5 Å². The Morgan fingerprint density at radius 2 is 2.18 bits per heavy atom. The molecule has 1 N–H and O–H groups in total. The Labute approximate surface area is 138 Å². The van der Waals surface area contributed by atoms with Gasteiger partial charge in [0.1, 0.15) is 0 Å². The van der Waals surface area contributed by atoms with E-state index in [0.717, 1.165) is 10.9 Å². The molecule has 110 valence electrons. The van der Waals surface area contributed by atoms with Crippen molar-refractivity contribution in [1.82, 2.24) is 9.55 Å². The maximum atomic E-state index is 3.70. The number of hydrogen-bond donors (Lipinski definition) is 1. The largest absolute Gasteiger partial charge is 0.356 e. The molecule has 2 aliphatic carbocycles. The molecule has 22 heavy (non-hydrogen) atoms. The molecule has 2 aromatic heterocycles. The number of benzene rings is 1. The van der Waals surface area contributed by atoms with Gasteiger partial charge in [0.2, 0.25) is 0 Å². The first-order chi connectivity index (χ1) is 10.8. The van der Waals surface area contributed by atoms with Crippen LogP contribution in [0.5, 0.6) is 0 Å². The number of halogens is 1. The van der Waals surface area contributed by atoms with Gasteiger partial charge in [-0.25, -0.2) is 0 Å². The highest BCUT2D eigenvalue weighted by atomic mass is 79.9. The Kier molecular flexibility index (Phi) is 2.68. The van der Waals surface area contributed by atoms with Crippen LogP contribution in [0.2, 0.25) is 0 Å². The number of aromatic nitrogens is 2. The van der Waals surface area contributed by atoms with E-state index in [1.807, 2.05) is 0 Å². The summed E-state index contributed by atoms with van der Waals surface area (Å²) in [5, 5.41) is 1.38. The number of rotatable bonds is 1. The van der Waals surface area contributed by atoms with Gasteiger partial charge in [-0.15, -0.1) is 0 Å². The Morgan fingerprint density at radius 1 is 1.23 bits per heavy atom. The van der Waals surface area contributed by atoms with Crippen LogP contribution in [0.4, 0.5) is 0 Å². The molecule has 0 saturated carbocycles. The fourth-order valence-corrected chi connectivity index (χ4v) is 4.42. The number of aryl methyl sites for hydroxylation is 1. The average molecular weight is 353 g/mol. The molecular weight excluding hydrogens is 336 g/mol. The predicted octanol–water partition coefficient (Wildman–Crippen LogP) is 5.23. The van der Waals surface area contributed by atoms with Crippen molar-refractivity contribution < 1.29 is 0 Å². The summed E-state index contributed by atoms with van der Waals surface area (Å²) < 4.78 is 3.59. The second-order valence-electron chi connectivity index (χ2n) is 6.41. The zero-order chi connectivity index (χ0) is 14.7. The van der Waals surface area contributed by atoms with Crippen molar-refractivity contribution >= 4 is 32.9 Å². The van der Waals surface area contributed by atoms with Gasteiger partial charge in [-0.05, 0) is 60.6 Å². The van der Waals surface area contributed by atoms with E-state index in [0.29, 0.717) is 6.04 Å². The van der Waals surface area contributed by atoms with Crippen LogP contribution in [0.1, 0.15) is 41.3 Å². The molecule has 2 aliphatic rings. The van der Waals surface area contributed by atoms with E-state index >= 15 is 0 Å². The Hall–Kier alpha value is -1.74. The Morgan fingerprint density at radius 3 is 3.09 bits per heavy atom. The fraction of sp³-hybridized carbons (Fsp3) is 0.263. The van der Waals surface area contributed by atoms with E-state index in [1.165, 1.54) is 52.5 Å². The van der Waals surface area contributed by atoms with Gasteiger partial charge in [0.25, 0.3) is 0 Å². The monoisotopic (exact) mass is 352 g/mol. The molecule has 2 heterocycles. The van der Waals surface area contributed by atoms with E-state index < -0.39 is 0 Å². The third-order valence-corrected chi connectivity index (χ3v) is 5.59. The van der Waals surface area contributed by atoms with Crippen molar-refractivity contribution in [2.24, 2.45) is 0 Å². The number of H-pyrrole nitrogens is 1. The molecule has 1 aromatic carbocycles. The summed E-state index contributed by atoms with van der Waals surface area (Å²) in [5.41, 5.74) is 7.05. The summed E-state index contributed by atoms with van der Waals surface area (Å²) in [6.45, 7) is 0. The van der Waals surface area contributed by atoms with Gasteiger partial charge < -0.3 is 9.55 Å². The molecule has 0 fully saturated rings. The lowest BCUT2D eigenvalue weighted by Gasteiger charge is -2.24. The van der Waals surface area contributed by atoms with Crippen LogP contribution in [-0.4, -0.2) is 9.55 Å². The van der Waals surface area contributed by atoms with Gasteiger partial charge in [-0.1, -0.05) is 28.1 Å². The van der Waals surface area contributed by atoms with Crippen LogP contribution in [-0.2, 0) is 12.8 Å². The van der Waals surface area contributed by atoms with E-state index in [-0.39, 0.29) is 0 Å². The second-order valence-corrected chi connectivity index (χ2v) is 7.32. The van der Waals surface area contributed by atoms with E-state index in [9.17, 15) is 0 Å². The molecule has 0 radical (unpaired) electrons. The molecule has 1 atom stereocenters. The zero-order valence-corrected chi connectivity index (χ0v) is 13.9. The van der Waals surface area contributed by atoms with Gasteiger partial charge >= 0.3 is 0 Å². The van der Waals surface area contributed by atoms with Crippen molar-refractivity contribution in [3.8, 4) is 0 Å². The maximum Gasteiger partial charge on any atom is 0.0732 e. The average Bonchev–Trinajstić information content (AvgIpc) is 3.18. The number of nitrogens with zero attached hydrogens (tertiary/aromatic N) is 1. The highest BCUT2D eigenvalue weighted by Crippen LogP contribution is 2.38. The molecule has 0 spiro atoms. The highest BCUT2D eigenvalue weighted by Gasteiger charge is 2.26. The lowest BCUT2D eigenvalue weighted by molar-refractivity contribution is 0.483. The number of hydrogen-bond acceptors (Lipinski definition) is 0. The van der Waals surface area contributed by atoms with Crippen molar-refractivity contribution in [2.45, 2.75) is 31.7 Å². The third kappa shape index (κ3) is 1.78. The first-order valence-corrected chi connectivity index (χ1v) is 8.76. The van der Waals surface area contributed by atoms with Crippen molar-refractivity contribution in [2.75, 3.05) is 0 Å². The summed E-state index contributed by atoms with van der Waals surface area (Å²) in [5.74, 6) is 0. The fourth-order valence-electron chi connectivity index (χ4n) is 4.06. The molecule has 1 unspecified atom stereocenters. The lowest BCUT2D eigenvalue weighted by Crippen LogP contribution is -2.15. The highest BCUT2D eigenvalue weighted by molar-refractivity contribution is 9.10. The topological polar surface area (TPSA) is 20.7 Å². The van der Waals surface area contributed by atoms with Gasteiger partial charge in [0, 0.05) is 33.5 Å². The number of aromatic amines is 1. The summed E-state index contributed by atoms with van der Waals surface area (Å²) in [6, 6.07) is 7.02. The Bertz CT molecular complexity index is 913. The van der Waals surface area contributed by atoms with Gasteiger partial charge in [0.15, 0.2) is 0 Å². The summed E-state index contributed by atoms with van der Waals surface area (Å²) >= 11 is 3.61. The van der Waals surface area contributed by atoms with Crippen LogP contribution in [0.3, 0.4) is 0 Å². The van der Waals surface area contributed by atoms with Crippen molar-refractivity contribution in [1.29, 1.82) is 0 Å². The van der Waals surface area contributed by atoms with Crippen LogP contribution < -0.4 is 0 Å². The standard InChI is InChI=1S/C19H17BrN2/c20-14-7-8-17-16(9-14)15-5-2-6-18(19(15)21-17)22-10-12-3-1-4-13(12)11-22/h1,3,7-11,18,21H,2,4-6H2. The number of allylic oxidation sites excluding steroid dienone is 1. The van der Waals surface area contributed by atoms with Crippen LogP contribution >= 0.6 is 15.9 Å². The molecule has 0 saturated heterocycles. The first-order valence-electron chi connectivity index (χ1n) is 7.96. The minimum absolute atomic E-state index is 0.453.